The van der Waals surface area contributed by atoms with Gasteiger partial charge in [-0.25, -0.2) is 4.79 Å². The minimum absolute atomic E-state index is 0.126. The molecule has 5 rings (SSSR count). The summed E-state index contributed by atoms with van der Waals surface area (Å²) in [5.41, 5.74) is 10.4. The van der Waals surface area contributed by atoms with Crippen molar-refractivity contribution in [3.63, 3.8) is 0 Å². The third kappa shape index (κ3) is 5.34. The number of amides is 1. The molecule has 2 aliphatic rings. The Hall–Kier alpha value is -3.40. The van der Waals surface area contributed by atoms with Crippen LogP contribution in [0.25, 0.3) is 22.2 Å². The topological polar surface area (TPSA) is 87.7 Å². The molecule has 1 aliphatic heterocycles. The number of halogens is 3. The van der Waals surface area contributed by atoms with Crippen LogP contribution in [0.4, 0.5) is 29.3 Å². The quantitative estimate of drug-likeness (QED) is 0.381. The summed E-state index contributed by atoms with van der Waals surface area (Å²) in [6.07, 6.45) is -2.92. The summed E-state index contributed by atoms with van der Waals surface area (Å²) in [5.74, 6) is 0.801. The standard InChI is InChI=1S/C27H30F3N3O4/c1-16(27(28,29)30)36-26(34)32-18-7-5-17(6-8-18)25-24(31)22-10-9-21(37-20-11-13-35-14-12-20)15-23(22)33(25)19-3-2-4-19/h5-10,15-16,19-20H,2-4,11-14,31H2,1H3,(H,32,34). The third-order valence-corrected chi connectivity index (χ3v) is 7.08. The SMILES string of the molecule is CC(OC(=O)Nc1ccc(-c2c(N)c3ccc(OC4CCOCC4)cc3n2C2CCC2)cc1)C(F)(F)F. The lowest BCUT2D eigenvalue weighted by Gasteiger charge is -2.30. The van der Waals surface area contributed by atoms with Crippen LogP contribution < -0.4 is 15.8 Å². The number of aromatic nitrogens is 1. The monoisotopic (exact) mass is 517 g/mol. The van der Waals surface area contributed by atoms with E-state index in [2.05, 4.69) is 20.7 Å². The Balaban J connectivity index is 1.41. The van der Waals surface area contributed by atoms with Gasteiger partial charge in [0.2, 0.25) is 0 Å². The van der Waals surface area contributed by atoms with E-state index in [9.17, 15) is 18.0 Å². The second-order valence-electron chi connectivity index (χ2n) is 9.62. The number of nitrogens with two attached hydrogens (primary N) is 1. The number of rotatable bonds is 6. The minimum Gasteiger partial charge on any atom is -0.490 e. The Bertz CT molecular complexity index is 1260. The zero-order valence-corrected chi connectivity index (χ0v) is 20.5. The largest absolute Gasteiger partial charge is 0.490 e. The fourth-order valence-corrected chi connectivity index (χ4v) is 4.78. The molecule has 3 N–H and O–H groups in total. The molecule has 1 atom stereocenters. The summed E-state index contributed by atoms with van der Waals surface area (Å²) in [4.78, 5) is 11.9. The minimum atomic E-state index is -4.62. The first-order chi connectivity index (χ1) is 17.7. The smallest absolute Gasteiger partial charge is 0.425 e. The molecule has 1 saturated heterocycles. The highest BCUT2D eigenvalue weighted by atomic mass is 19.4. The van der Waals surface area contributed by atoms with E-state index >= 15 is 0 Å². The number of fused-ring (bicyclic) bond motifs is 1. The van der Waals surface area contributed by atoms with Crippen molar-refractivity contribution in [2.75, 3.05) is 24.3 Å². The van der Waals surface area contributed by atoms with Crippen molar-refractivity contribution in [2.24, 2.45) is 0 Å². The highest BCUT2D eigenvalue weighted by molar-refractivity contribution is 6.01. The van der Waals surface area contributed by atoms with Crippen molar-refractivity contribution in [1.29, 1.82) is 0 Å². The summed E-state index contributed by atoms with van der Waals surface area (Å²) >= 11 is 0. The number of hydrogen-bond donors (Lipinski definition) is 2. The van der Waals surface area contributed by atoms with Crippen molar-refractivity contribution in [2.45, 2.75) is 63.5 Å². The number of nitrogens with zero attached hydrogens (tertiary/aromatic N) is 1. The van der Waals surface area contributed by atoms with Crippen LogP contribution in [0.2, 0.25) is 0 Å². The van der Waals surface area contributed by atoms with Crippen LogP contribution in [0.3, 0.4) is 0 Å². The van der Waals surface area contributed by atoms with Gasteiger partial charge < -0.3 is 24.5 Å². The Morgan fingerprint density at radius 2 is 1.81 bits per heavy atom. The van der Waals surface area contributed by atoms with Crippen LogP contribution in [0.1, 0.15) is 45.1 Å². The van der Waals surface area contributed by atoms with Crippen LogP contribution in [-0.2, 0) is 9.47 Å². The van der Waals surface area contributed by atoms with Crippen molar-refractivity contribution in [1.82, 2.24) is 4.57 Å². The van der Waals surface area contributed by atoms with Crippen LogP contribution in [0, 0.1) is 0 Å². The van der Waals surface area contributed by atoms with Gasteiger partial charge in [0.05, 0.1) is 30.1 Å². The summed E-state index contributed by atoms with van der Waals surface area (Å²) < 4.78 is 56.4. The van der Waals surface area contributed by atoms with Gasteiger partial charge in [-0.05, 0) is 50.5 Å². The highest BCUT2D eigenvalue weighted by Crippen LogP contribution is 2.45. The number of ether oxygens (including phenoxy) is 3. The number of carbonyl (C=O) groups excluding carboxylic acids is 1. The van der Waals surface area contributed by atoms with Crippen molar-refractivity contribution in [3.05, 3.63) is 42.5 Å². The maximum atomic E-state index is 12.7. The molecule has 1 aromatic heterocycles. The first-order valence-corrected chi connectivity index (χ1v) is 12.5. The molecular weight excluding hydrogens is 487 g/mol. The van der Waals surface area contributed by atoms with Gasteiger partial charge in [-0.15, -0.1) is 0 Å². The predicted octanol–water partition coefficient (Wildman–Crippen LogP) is 6.67. The van der Waals surface area contributed by atoms with Gasteiger partial charge in [-0.1, -0.05) is 12.1 Å². The molecule has 1 saturated carbocycles. The molecule has 37 heavy (non-hydrogen) atoms. The highest BCUT2D eigenvalue weighted by Gasteiger charge is 2.39. The molecule has 2 aromatic carbocycles. The Morgan fingerprint density at radius 1 is 1.11 bits per heavy atom. The average Bonchev–Trinajstić information content (AvgIpc) is 3.10. The molecular formula is C27H30F3N3O4. The van der Waals surface area contributed by atoms with E-state index < -0.39 is 18.4 Å². The van der Waals surface area contributed by atoms with Crippen LogP contribution in [-0.4, -0.2) is 42.3 Å². The second-order valence-corrected chi connectivity index (χ2v) is 9.62. The number of nitrogen functional groups attached to an aromatic ring is 1. The van der Waals surface area contributed by atoms with Gasteiger partial charge >= 0.3 is 12.3 Å². The number of alkyl halides is 3. The van der Waals surface area contributed by atoms with E-state index in [4.69, 9.17) is 15.2 Å². The lowest BCUT2D eigenvalue weighted by molar-refractivity contribution is -0.196. The fraction of sp³-hybridized carbons (Fsp3) is 0.444. The van der Waals surface area contributed by atoms with Crippen molar-refractivity contribution in [3.8, 4) is 17.0 Å². The number of anilines is 2. The molecule has 198 valence electrons. The van der Waals surface area contributed by atoms with Gasteiger partial charge in [0.15, 0.2) is 6.10 Å². The van der Waals surface area contributed by atoms with Crippen LogP contribution >= 0.6 is 0 Å². The normalized spacial score (nSPS) is 17.8. The van der Waals surface area contributed by atoms with E-state index in [1.54, 1.807) is 24.3 Å². The molecule has 1 aliphatic carbocycles. The lowest BCUT2D eigenvalue weighted by atomic mass is 9.92. The average molecular weight is 518 g/mol. The molecule has 7 nitrogen and oxygen atoms in total. The summed E-state index contributed by atoms with van der Waals surface area (Å²) in [5, 5.41) is 3.28. The Labute approximate surface area is 212 Å². The van der Waals surface area contributed by atoms with Gasteiger partial charge in [0.1, 0.15) is 11.9 Å². The predicted molar refractivity (Wildman–Crippen MR) is 135 cm³/mol. The van der Waals surface area contributed by atoms with Crippen molar-refractivity contribution < 1.29 is 32.2 Å². The number of benzene rings is 2. The van der Waals surface area contributed by atoms with Gasteiger partial charge in [-0.3, -0.25) is 5.32 Å². The molecule has 10 heteroatoms. The summed E-state index contributed by atoms with van der Waals surface area (Å²) in [6, 6.07) is 13.1. The summed E-state index contributed by atoms with van der Waals surface area (Å²) in [6.45, 7) is 2.18. The maximum Gasteiger partial charge on any atom is 0.425 e. The van der Waals surface area contributed by atoms with Gasteiger partial charge in [0, 0.05) is 41.6 Å². The second kappa shape index (κ2) is 10.2. The molecule has 1 unspecified atom stereocenters. The van der Waals surface area contributed by atoms with E-state index in [1.807, 2.05) is 12.1 Å². The third-order valence-electron chi connectivity index (χ3n) is 7.08. The van der Waals surface area contributed by atoms with Gasteiger partial charge in [0.25, 0.3) is 0 Å². The van der Waals surface area contributed by atoms with E-state index in [0.29, 0.717) is 30.6 Å². The first-order valence-electron chi connectivity index (χ1n) is 12.5. The molecule has 3 aromatic rings. The van der Waals surface area contributed by atoms with Gasteiger partial charge in [-0.2, -0.15) is 13.2 Å². The molecule has 2 heterocycles. The lowest BCUT2D eigenvalue weighted by Crippen LogP contribution is -2.32. The number of hydrogen-bond acceptors (Lipinski definition) is 5. The van der Waals surface area contributed by atoms with E-state index in [-0.39, 0.29) is 6.10 Å². The van der Waals surface area contributed by atoms with Crippen molar-refractivity contribution >= 4 is 28.4 Å². The molecule has 0 spiro atoms. The van der Waals surface area contributed by atoms with Crippen LogP contribution in [0.15, 0.2) is 42.5 Å². The fourth-order valence-electron chi connectivity index (χ4n) is 4.78. The first kappa shape index (κ1) is 25.3. The molecule has 0 radical (unpaired) electrons. The Morgan fingerprint density at radius 3 is 2.43 bits per heavy atom. The van der Waals surface area contributed by atoms with E-state index in [0.717, 1.165) is 66.9 Å². The summed E-state index contributed by atoms with van der Waals surface area (Å²) in [7, 11) is 0. The maximum absolute atomic E-state index is 12.7. The number of nitrogens with one attached hydrogen (secondary N) is 1. The van der Waals surface area contributed by atoms with E-state index in [1.165, 1.54) is 0 Å². The number of carbonyl (C=O) groups is 1. The molecule has 2 fully saturated rings. The Kier molecular flexibility index (Phi) is 6.94. The molecule has 1 amide bonds. The zero-order chi connectivity index (χ0) is 26.2. The zero-order valence-electron chi connectivity index (χ0n) is 20.5. The van der Waals surface area contributed by atoms with Crippen LogP contribution in [0.5, 0.6) is 5.75 Å². The molecule has 0 bridgehead atoms.